The number of aromatic hydroxyl groups is 2. The van der Waals surface area contributed by atoms with E-state index >= 15 is 0 Å². The molecule has 9 atom stereocenters. The third-order valence-electron chi connectivity index (χ3n) is 11.5. The second-order valence-electron chi connectivity index (χ2n) is 15.9. The van der Waals surface area contributed by atoms with Gasteiger partial charge in [0.25, 0.3) is 11.7 Å². The molecule has 60 heavy (non-hydrogen) atoms. The largest absolute Gasteiger partial charge is 0.507 e. The minimum atomic E-state index is -1.96. The van der Waals surface area contributed by atoms with E-state index in [-0.39, 0.29) is 62.3 Å². The number of pyridine rings is 1. The molecule has 0 radical (unpaired) electrons. The molecule has 4 heterocycles. The SMILES string of the molecule is CCO.CO[C@H]1/C=C/O[C@@]2(C)Oc3c(C)c(O)c4c(O)c(c5c(nc6cc(C)ccn65)c4c3C2=O)NC(=O)/C(C)=C\C=C\[C@H](C)[C@H](O)[C@@H](C)[C@@H](O)[C@@H](C)[C@H](OC(C)=O)[C@@H]1C. The Kier molecular flexibility index (Phi) is 13.7. The predicted molar refractivity (Wildman–Crippen MR) is 226 cm³/mol. The Balaban J connectivity index is 0.00000221. The number of aliphatic hydroxyl groups excluding tert-OH is 3. The van der Waals surface area contributed by atoms with Gasteiger partial charge in [0.1, 0.15) is 40.0 Å². The number of rotatable bonds is 2. The number of aryl methyl sites for hydroxylation is 1. The van der Waals surface area contributed by atoms with Crippen molar-refractivity contribution in [2.45, 2.75) is 99.4 Å². The number of nitrogens with one attached hydrogen (secondary N) is 1. The number of esters is 1. The third kappa shape index (κ3) is 8.31. The van der Waals surface area contributed by atoms with Crippen LogP contribution in [0.5, 0.6) is 17.2 Å². The van der Waals surface area contributed by atoms with Gasteiger partial charge in [0, 0.05) is 74.0 Å². The van der Waals surface area contributed by atoms with Gasteiger partial charge in [-0.3, -0.25) is 18.8 Å². The Morgan fingerprint density at radius 2 is 1.67 bits per heavy atom. The van der Waals surface area contributed by atoms with Crippen LogP contribution < -0.4 is 10.1 Å². The number of phenolic OH excluding ortho intramolecular Hbond substituents is 2. The number of hydrogen-bond acceptors (Lipinski definition) is 13. The number of carbonyl (C=O) groups is 3. The monoisotopic (exact) mass is 831 g/mol. The average Bonchev–Trinajstić information content (AvgIpc) is 3.70. The first-order chi connectivity index (χ1) is 28.2. The average molecular weight is 832 g/mol. The van der Waals surface area contributed by atoms with Crippen molar-refractivity contribution >= 4 is 50.8 Å². The first-order valence-corrected chi connectivity index (χ1v) is 20.0. The van der Waals surface area contributed by atoms with Crippen molar-refractivity contribution in [3.05, 3.63) is 71.2 Å². The number of hydrogen-bond donors (Lipinski definition) is 6. The van der Waals surface area contributed by atoms with Crippen molar-refractivity contribution in [2.75, 3.05) is 19.0 Å². The van der Waals surface area contributed by atoms with E-state index in [1.165, 1.54) is 40.2 Å². The van der Waals surface area contributed by atoms with Gasteiger partial charge < -0.3 is 49.8 Å². The van der Waals surface area contributed by atoms with Crippen molar-refractivity contribution in [1.29, 1.82) is 0 Å². The number of nitrogens with zero attached hydrogens (tertiary/aromatic N) is 2. The Morgan fingerprint density at radius 1 is 1.00 bits per heavy atom. The summed E-state index contributed by atoms with van der Waals surface area (Å²) in [5.74, 6) is -6.96. The molecule has 0 aliphatic carbocycles. The molecule has 2 aromatic carbocycles. The Bertz CT molecular complexity index is 2400. The molecule has 4 aromatic rings. The summed E-state index contributed by atoms with van der Waals surface area (Å²) >= 11 is 0. The van der Waals surface area contributed by atoms with E-state index in [9.17, 15) is 34.8 Å². The topological polar surface area (TPSA) is 219 Å². The zero-order valence-corrected chi connectivity index (χ0v) is 35.9. The number of ether oxygens (including phenoxy) is 4. The van der Waals surface area contributed by atoms with E-state index < -0.39 is 77.3 Å². The zero-order valence-electron chi connectivity index (χ0n) is 35.9. The number of anilines is 1. The van der Waals surface area contributed by atoms with E-state index in [0.717, 1.165) is 5.56 Å². The summed E-state index contributed by atoms with van der Waals surface area (Å²) in [6.45, 7) is 16.6. The minimum absolute atomic E-state index is 0.0185. The lowest BCUT2D eigenvalue weighted by atomic mass is 9.78. The van der Waals surface area contributed by atoms with Gasteiger partial charge >= 0.3 is 11.8 Å². The second kappa shape index (κ2) is 18.0. The molecule has 6 N–H and O–H groups in total. The summed E-state index contributed by atoms with van der Waals surface area (Å²) in [4.78, 5) is 45.6. The van der Waals surface area contributed by atoms with Crippen LogP contribution in [0, 0.1) is 37.5 Å². The van der Waals surface area contributed by atoms with Crippen LogP contribution in [0.4, 0.5) is 5.69 Å². The standard InChI is InChI=1S/C43H51N3O11.C2H6O/c1-19-14-16-46-28(18-19)44-32-29-30-37(50)25(7)40-31(29)41(52)43(9,57-40)55-17-15-27(54-10)22(4)39(56-26(8)47)24(6)36(49)23(5)35(48)20(2)12-11-13-21(3)42(53)45-33(34(32)46)38(30)51;1-2-3/h11-18,20,22-24,27,35-36,39,48-51H,1-10H3,(H,45,53);3H,2H2,1H3/b12-11+,17-15+,21-13-;/t20-,22+,23+,24+,27-,35-,36+,39+,43-;/m0./s1. The van der Waals surface area contributed by atoms with Gasteiger partial charge in [-0.2, -0.15) is 0 Å². The quantitative estimate of drug-likeness (QED) is 0.0987. The van der Waals surface area contributed by atoms with Crippen LogP contribution in [0.25, 0.3) is 27.5 Å². The summed E-state index contributed by atoms with van der Waals surface area (Å²) in [6, 6.07) is 3.64. The van der Waals surface area contributed by atoms with E-state index in [1.807, 2.05) is 19.1 Å². The number of fused-ring (bicyclic) bond motifs is 2. The van der Waals surface area contributed by atoms with Gasteiger partial charge in [0.15, 0.2) is 5.75 Å². The lowest BCUT2D eigenvalue weighted by molar-refractivity contribution is -0.160. The van der Waals surface area contributed by atoms with Gasteiger partial charge in [0.05, 0.1) is 35.5 Å². The fourth-order valence-corrected chi connectivity index (χ4v) is 8.03. The summed E-state index contributed by atoms with van der Waals surface area (Å²) in [6.07, 6.45) is 5.62. The van der Waals surface area contributed by atoms with E-state index in [4.69, 9.17) is 29.0 Å². The minimum Gasteiger partial charge on any atom is -0.507 e. The normalized spacial score (nSPS) is 29.6. The van der Waals surface area contributed by atoms with Crippen LogP contribution >= 0.6 is 0 Å². The van der Waals surface area contributed by atoms with Crippen LogP contribution in [0.3, 0.4) is 0 Å². The Morgan fingerprint density at radius 3 is 2.30 bits per heavy atom. The molecule has 1 amide bonds. The van der Waals surface area contributed by atoms with Gasteiger partial charge in [-0.1, -0.05) is 45.9 Å². The number of allylic oxidation sites excluding steroid dienone is 2. The molecule has 6 rings (SSSR count). The first kappa shape index (κ1) is 45.6. The van der Waals surface area contributed by atoms with Crippen molar-refractivity contribution in [3.63, 3.8) is 0 Å². The number of phenols is 2. The maximum atomic E-state index is 14.6. The molecule has 0 unspecified atom stereocenters. The van der Waals surface area contributed by atoms with Crippen LogP contribution in [-0.4, -0.2) is 96.5 Å². The third-order valence-corrected chi connectivity index (χ3v) is 11.5. The van der Waals surface area contributed by atoms with E-state index in [1.54, 1.807) is 70.4 Å². The Labute approximate surface area is 348 Å². The number of imidazole rings is 1. The molecule has 4 bridgehead atoms. The molecular weight excluding hydrogens is 775 g/mol. The molecule has 2 aliphatic heterocycles. The number of aromatic nitrogens is 2. The smallest absolute Gasteiger partial charge is 0.312 e. The molecule has 0 fully saturated rings. The first-order valence-electron chi connectivity index (χ1n) is 20.0. The lowest BCUT2D eigenvalue weighted by Crippen LogP contribution is -2.46. The number of ketones is 1. The van der Waals surface area contributed by atoms with Crippen LogP contribution in [0.15, 0.2) is 54.5 Å². The molecule has 15 nitrogen and oxygen atoms in total. The highest BCUT2D eigenvalue weighted by atomic mass is 16.7. The van der Waals surface area contributed by atoms with Crippen molar-refractivity contribution in [1.82, 2.24) is 9.38 Å². The highest BCUT2D eigenvalue weighted by molar-refractivity contribution is 6.28. The molecular formula is C45H57N3O12. The van der Waals surface area contributed by atoms with Gasteiger partial charge in [-0.05, 0) is 51.5 Å². The number of carbonyl (C=O) groups excluding carboxylic acids is 3. The number of methoxy groups -OCH3 is 1. The predicted octanol–water partition coefficient (Wildman–Crippen LogP) is 6.16. The van der Waals surface area contributed by atoms with Crippen LogP contribution in [0.1, 0.15) is 76.9 Å². The summed E-state index contributed by atoms with van der Waals surface area (Å²) < 4.78 is 25.5. The van der Waals surface area contributed by atoms with E-state index in [0.29, 0.717) is 5.65 Å². The molecule has 2 aromatic heterocycles. The number of Topliss-reactive ketones (excluding diaryl/α,β-unsaturated/α-hetero) is 1. The maximum Gasteiger partial charge on any atom is 0.312 e. The lowest BCUT2D eigenvalue weighted by Gasteiger charge is -2.38. The molecule has 0 saturated carbocycles. The molecule has 15 heteroatoms. The maximum absolute atomic E-state index is 14.6. The van der Waals surface area contributed by atoms with Crippen LogP contribution in [0.2, 0.25) is 0 Å². The van der Waals surface area contributed by atoms with Crippen molar-refractivity contribution in [3.8, 4) is 17.2 Å². The van der Waals surface area contributed by atoms with E-state index in [2.05, 4.69) is 5.32 Å². The number of benzene rings is 2. The number of amides is 1. The fourth-order valence-electron chi connectivity index (χ4n) is 8.03. The fraction of sp³-hybridized carbons (Fsp3) is 0.467. The Hall–Kier alpha value is -5.48. The highest BCUT2D eigenvalue weighted by Crippen LogP contribution is 2.54. The molecule has 0 saturated heterocycles. The summed E-state index contributed by atoms with van der Waals surface area (Å²) in [7, 11) is 1.46. The zero-order chi connectivity index (χ0) is 44.5. The second-order valence-corrected chi connectivity index (χ2v) is 15.9. The van der Waals surface area contributed by atoms with Gasteiger partial charge in [0.2, 0.25) is 0 Å². The van der Waals surface area contributed by atoms with Crippen molar-refractivity contribution in [2.24, 2.45) is 23.7 Å². The summed E-state index contributed by atoms with van der Waals surface area (Å²) in [5.41, 5.74) is 2.18. The molecule has 2 aliphatic rings. The van der Waals surface area contributed by atoms with Crippen molar-refractivity contribution < 1.29 is 58.9 Å². The van der Waals surface area contributed by atoms with Crippen LogP contribution in [-0.2, 0) is 23.8 Å². The van der Waals surface area contributed by atoms with Gasteiger partial charge in [-0.15, -0.1) is 0 Å². The summed E-state index contributed by atoms with van der Waals surface area (Å²) in [5, 5.41) is 57.0. The molecule has 0 spiro atoms. The molecule has 324 valence electrons. The van der Waals surface area contributed by atoms with Gasteiger partial charge in [-0.25, -0.2) is 4.98 Å². The highest BCUT2D eigenvalue weighted by Gasteiger charge is 2.50. The number of aliphatic hydroxyl groups is 3.